The van der Waals surface area contributed by atoms with Crippen LogP contribution in [-0.4, -0.2) is 18.5 Å². The van der Waals surface area contributed by atoms with Crippen molar-refractivity contribution < 1.29 is 0 Å². The third-order valence-corrected chi connectivity index (χ3v) is 2.10. The molecule has 2 nitrogen and oxygen atoms in total. The van der Waals surface area contributed by atoms with Crippen LogP contribution in [0.5, 0.6) is 0 Å². The molecule has 0 aliphatic rings. The van der Waals surface area contributed by atoms with Gasteiger partial charge >= 0.3 is 0 Å². The van der Waals surface area contributed by atoms with Gasteiger partial charge in [0.25, 0.3) is 0 Å². The Labute approximate surface area is 85.7 Å². The molecule has 1 rings (SSSR count). The molecule has 2 heteroatoms. The molecule has 0 spiro atoms. The van der Waals surface area contributed by atoms with Gasteiger partial charge in [0.1, 0.15) is 0 Å². The monoisotopic (exact) mass is 188 g/mol. The van der Waals surface area contributed by atoms with E-state index in [0.29, 0.717) is 6.54 Å². The first-order valence-electron chi connectivity index (χ1n) is 4.60. The van der Waals surface area contributed by atoms with Crippen LogP contribution in [0.2, 0.25) is 0 Å². The van der Waals surface area contributed by atoms with E-state index in [2.05, 4.69) is 23.8 Å². The van der Waals surface area contributed by atoms with Crippen molar-refractivity contribution in [1.82, 2.24) is 4.90 Å². The van der Waals surface area contributed by atoms with E-state index in [4.69, 9.17) is 12.2 Å². The highest BCUT2D eigenvalue weighted by atomic mass is 15.1. The van der Waals surface area contributed by atoms with Gasteiger partial charge in [0.15, 0.2) is 0 Å². The average molecular weight is 188 g/mol. The van der Waals surface area contributed by atoms with Gasteiger partial charge in [0.05, 0.1) is 6.54 Å². The Kier molecular flexibility index (Phi) is 3.55. The number of aryl methyl sites for hydroxylation is 1. The van der Waals surface area contributed by atoms with Crippen LogP contribution in [0.3, 0.4) is 0 Å². The first-order valence-corrected chi connectivity index (χ1v) is 4.60. The van der Waals surface area contributed by atoms with E-state index >= 15 is 0 Å². The molecule has 74 valence electrons. The predicted molar refractivity (Wildman–Crippen MR) is 60.8 cm³/mol. The predicted octanol–water partition coefficient (Wildman–Crippen LogP) is 1.64. The average Bonchev–Trinajstić information content (AvgIpc) is 2.12. The molecule has 0 fully saturated rings. The summed E-state index contributed by atoms with van der Waals surface area (Å²) in [6, 6.07) is 6.05. The van der Waals surface area contributed by atoms with Gasteiger partial charge in [-0.1, -0.05) is 23.6 Å². The minimum Gasteiger partial charge on any atom is -0.398 e. The summed E-state index contributed by atoms with van der Waals surface area (Å²) in [5.41, 5.74) is 9.06. The van der Waals surface area contributed by atoms with Gasteiger partial charge in [0, 0.05) is 12.2 Å². The quantitative estimate of drug-likeness (QED) is 0.577. The molecule has 0 heterocycles. The van der Waals surface area contributed by atoms with Crippen molar-refractivity contribution in [3.63, 3.8) is 0 Å². The van der Waals surface area contributed by atoms with Crippen LogP contribution in [0.1, 0.15) is 11.1 Å². The summed E-state index contributed by atoms with van der Waals surface area (Å²) in [7, 11) is 1.99. The lowest BCUT2D eigenvalue weighted by atomic mass is 10.1. The van der Waals surface area contributed by atoms with Crippen LogP contribution in [-0.2, 0) is 6.54 Å². The van der Waals surface area contributed by atoms with Gasteiger partial charge in [-0.3, -0.25) is 4.90 Å². The summed E-state index contributed by atoms with van der Waals surface area (Å²) in [4.78, 5) is 2.06. The van der Waals surface area contributed by atoms with Crippen LogP contribution >= 0.6 is 0 Å². The van der Waals surface area contributed by atoms with E-state index in [9.17, 15) is 0 Å². The zero-order valence-corrected chi connectivity index (χ0v) is 8.75. The Hall–Kier alpha value is -1.46. The number of hydrogen-bond donors (Lipinski definition) is 1. The Morgan fingerprint density at radius 2 is 2.21 bits per heavy atom. The summed E-state index contributed by atoms with van der Waals surface area (Å²) in [5, 5.41) is 0. The fourth-order valence-electron chi connectivity index (χ4n) is 1.37. The summed E-state index contributed by atoms with van der Waals surface area (Å²) in [6.07, 6.45) is 5.23. The van der Waals surface area contributed by atoms with E-state index in [1.165, 1.54) is 5.56 Å². The van der Waals surface area contributed by atoms with E-state index in [-0.39, 0.29) is 0 Å². The van der Waals surface area contributed by atoms with Crippen molar-refractivity contribution in [3.05, 3.63) is 29.3 Å². The molecule has 0 saturated heterocycles. The van der Waals surface area contributed by atoms with Gasteiger partial charge < -0.3 is 5.73 Å². The van der Waals surface area contributed by atoms with Crippen LogP contribution in [0.25, 0.3) is 0 Å². The molecule has 0 radical (unpaired) electrons. The molecule has 0 aliphatic carbocycles. The van der Waals surface area contributed by atoms with Crippen molar-refractivity contribution >= 4 is 5.69 Å². The standard InChI is InChI=1S/C12H16N2/c1-4-7-14(3)9-11-8-10(2)5-6-12(11)13/h1,5-6,8H,7,9,13H2,2-3H3. The van der Waals surface area contributed by atoms with Crippen molar-refractivity contribution in [2.45, 2.75) is 13.5 Å². The molecule has 0 amide bonds. The van der Waals surface area contributed by atoms with Crippen LogP contribution in [0.15, 0.2) is 18.2 Å². The molecule has 0 unspecified atom stereocenters. The van der Waals surface area contributed by atoms with Crippen LogP contribution in [0, 0.1) is 19.3 Å². The summed E-state index contributed by atoms with van der Waals surface area (Å²) in [5.74, 6) is 2.61. The number of nitrogen functional groups attached to an aromatic ring is 1. The minimum absolute atomic E-state index is 0.646. The number of nitrogens with zero attached hydrogens (tertiary/aromatic N) is 1. The van der Waals surface area contributed by atoms with Gasteiger partial charge in [0.2, 0.25) is 0 Å². The first kappa shape index (κ1) is 10.6. The third kappa shape index (κ3) is 2.79. The van der Waals surface area contributed by atoms with E-state index in [1.54, 1.807) is 0 Å². The van der Waals surface area contributed by atoms with Crippen LogP contribution < -0.4 is 5.73 Å². The lowest BCUT2D eigenvalue weighted by Crippen LogP contribution is -2.18. The lowest BCUT2D eigenvalue weighted by molar-refractivity contribution is 0.370. The van der Waals surface area contributed by atoms with Crippen LogP contribution in [0.4, 0.5) is 5.69 Å². The van der Waals surface area contributed by atoms with Gasteiger partial charge in [-0.2, -0.15) is 0 Å². The Bertz CT molecular complexity index is 350. The molecule has 0 atom stereocenters. The highest BCUT2D eigenvalue weighted by Crippen LogP contribution is 2.15. The topological polar surface area (TPSA) is 29.3 Å². The fourth-order valence-corrected chi connectivity index (χ4v) is 1.37. The largest absolute Gasteiger partial charge is 0.398 e. The fraction of sp³-hybridized carbons (Fsp3) is 0.333. The second-order valence-corrected chi connectivity index (χ2v) is 3.58. The number of rotatable bonds is 3. The van der Waals surface area contributed by atoms with Crippen molar-refractivity contribution in [2.75, 3.05) is 19.3 Å². The number of anilines is 1. The molecule has 0 aromatic heterocycles. The molecular formula is C12H16N2. The van der Waals surface area contributed by atoms with Gasteiger partial charge in [-0.25, -0.2) is 0 Å². The smallest absolute Gasteiger partial charge is 0.0599 e. The summed E-state index contributed by atoms with van der Waals surface area (Å²) in [6.45, 7) is 3.51. The van der Waals surface area contributed by atoms with Gasteiger partial charge in [-0.15, -0.1) is 6.42 Å². The first-order chi connectivity index (χ1) is 6.63. The molecular weight excluding hydrogens is 172 g/mol. The highest BCUT2D eigenvalue weighted by Gasteiger charge is 2.02. The second kappa shape index (κ2) is 4.69. The van der Waals surface area contributed by atoms with E-state index in [1.807, 2.05) is 19.2 Å². The Morgan fingerprint density at radius 1 is 1.50 bits per heavy atom. The maximum Gasteiger partial charge on any atom is 0.0599 e. The third-order valence-electron chi connectivity index (χ3n) is 2.10. The van der Waals surface area contributed by atoms with E-state index < -0.39 is 0 Å². The SMILES string of the molecule is C#CCN(C)Cc1cc(C)ccc1N. The Morgan fingerprint density at radius 3 is 2.86 bits per heavy atom. The van der Waals surface area contributed by atoms with Crippen molar-refractivity contribution in [3.8, 4) is 12.3 Å². The molecule has 0 saturated carbocycles. The molecule has 0 aliphatic heterocycles. The minimum atomic E-state index is 0.646. The van der Waals surface area contributed by atoms with Gasteiger partial charge in [-0.05, 0) is 25.6 Å². The number of hydrogen-bond acceptors (Lipinski definition) is 2. The van der Waals surface area contributed by atoms with E-state index in [0.717, 1.165) is 17.8 Å². The maximum absolute atomic E-state index is 5.86. The normalized spacial score (nSPS) is 10.1. The highest BCUT2D eigenvalue weighted by molar-refractivity contribution is 5.48. The Balaban J connectivity index is 2.76. The van der Waals surface area contributed by atoms with Crippen molar-refractivity contribution in [1.29, 1.82) is 0 Å². The summed E-state index contributed by atoms with van der Waals surface area (Å²) >= 11 is 0. The van der Waals surface area contributed by atoms with Crippen molar-refractivity contribution in [2.24, 2.45) is 0 Å². The number of nitrogens with two attached hydrogens (primary N) is 1. The number of terminal acetylenes is 1. The second-order valence-electron chi connectivity index (χ2n) is 3.58. The summed E-state index contributed by atoms with van der Waals surface area (Å²) < 4.78 is 0. The maximum atomic E-state index is 5.86. The molecule has 2 N–H and O–H groups in total. The zero-order valence-electron chi connectivity index (χ0n) is 8.75. The molecule has 1 aromatic rings. The number of benzene rings is 1. The zero-order chi connectivity index (χ0) is 10.6. The molecule has 14 heavy (non-hydrogen) atoms. The lowest BCUT2D eigenvalue weighted by Gasteiger charge is -2.15. The molecule has 1 aromatic carbocycles. The molecule has 0 bridgehead atoms.